The Bertz CT molecular complexity index is 383. The topological polar surface area (TPSA) is 62.4 Å². The fourth-order valence-electron chi connectivity index (χ4n) is 3.28. The molecular weight excluding hydrogens is 250 g/mol. The molecule has 4 nitrogen and oxygen atoms in total. The van der Waals surface area contributed by atoms with Gasteiger partial charge in [-0.15, -0.1) is 0 Å². The molecule has 3 unspecified atom stereocenters. The second-order valence-electron chi connectivity index (χ2n) is 5.81. The summed E-state index contributed by atoms with van der Waals surface area (Å²) in [6, 6.07) is 4.57. The number of hydrogen-bond acceptors (Lipinski definition) is 4. The molecule has 1 aromatic rings. The molecule has 2 rings (SSSR count). The monoisotopic (exact) mass is 277 g/mol. The van der Waals surface area contributed by atoms with E-state index in [9.17, 15) is 0 Å². The van der Waals surface area contributed by atoms with Crippen LogP contribution < -0.4 is 5.73 Å². The molecule has 1 saturated heterocycles. The van der Waals surface area contributed by atoms with Gasteiger partial charge in [0.1, 0.15) is 0 Å². The summed E-state index contributed by atoms with van der Waals surface area (Å²) in [6.45, 7) is 4.58. The third-order valence-electron chi connectivity index (χ3n) is 4.41. The van der Waals surface area contributed by atoms with Crippen molar-refractivity contribution in [3.05, 3.63) is 30.1 Å². The van der Waals surface area contributed by atoms with Crippen LogP contribution in [0.2, 0.25) is 0 Å². The van der Waals surface area contributed by atoms with Crippen LogP contribution in [0.4, 0.5) is 0 Å². The quantitative estimate of drug-likeness (QED) is 0.834. The normalized spacial score (nSPS) is 23.4. The van der Waals surface area contributed by atoms with Gasteiger partial charge >= 0.3 is 0 Å². The van der Waals surface area contributed by atoms with Gasteiger partial charge in [-0.3, -0.25) is 9.88 Å². The summed E-state index contributed by atoms with van der Waals surface area (Å²) < 4.78 is 0. The van der Waals surface area contributed by atoms with Crippen molar-refractivity contribution in [3.8, 4) is 0 Å². The number of hydrogen-bond donors (Lipinski definition) is 2. The van der Waals surface area contributed by atoms with Crippen molar-refractivity contribution < 1.29 is 5.11 Å². The van der Waals surface area contributed by atoms with E-state index in [0.717, 1.165) is 25.9 Å². The fraction of sp³-hybridized carbons (Fsp3) is 0.688. The number of nitrogens with zero attached hydrogens (tertiary/aromatic N) is 2. The predicted octanol–water partition coefficient (Wildman–Crippen LogP) is 1.95. The van der Waals surface area contributed by atoms with Gasteiger partial charge < -0.3 is 10.8 Å². The molecule has 0 aromatic carbocycles. The Labute approximate surface area is 122 Å². The summed E-state index contributed by atoms with van der Waals surface area (Å²) >= 11 is 0. The summed E-state index contributed by atoms with van der Waals surface area (Å²) in [5, 5.41) is 9.16. The SMILES string of the molecule is CCC(N)C(c1ccncc1)N1CCCC(CCO)C1. The summed E-state index contributed by atoms with van der Waals surface area (Å²) in [7, 11) is 0. The third-order valence-corrected chi connectivity index (χ3v) is 4.41. The highest BCUT2D eigenvalue weighted by Crippen LogP contribution is 2.30. The van der Waals surface area contributed by atoms with Crippen LogP contribution in [0.15, 0.2) is 24.5 Å². The fourth-order valence-corrected chi connectivity index (χ4v) is 3.28. The first-order valence-electron chi connectivity index (χ1n) is 7.76. The molecule has 1 aromatic heterocycles. The maximum absolute atomic E-state index is 9.16. The Kier molecular flexibility index (Phi) is 5.95. The zero-order valence-corrected chi connectivity index (χ0v) is 12.4. The molecule has 0 spiro atoms. The average molecular weight is 277 g/mol. The lowest BCUT2D eigenvalue weighted by atomic mass is 9.90. The molecule has 3 N–H and O–H groups in total. The van der Waals surface area contributed by atoms with Crippen LogP contribution in [0, 0.1) is 5.92 Å². The Balaban J connectivity index is 2.14. The van der Waals surface area contributed by atoms with E-state index in [4.69, 9.17) is 10.8 Å². The smallest absolute Gasteiger partial charge is 0.0500 e. The minimum Gasteiger partial charge on any atom is -0.396 e. The molecule has 0 aliphatic carbocycles. The maximum atomic E-state index is 9.16. The number of aromatic nitrogens is 1. The number of rotatable bonds is 6. The van der Waals surface area contributed by atoms with Crippen LogP contribution in [0.5, 0.6) is 0 Å². The Morgan fingerprint density at radius 2 is 2.20 bits per heavy atom. The number of aliphatic hydroxyl groups is 1. The van der Waals surface area contributed by atoms with E-state index in [1.54, 1.807) is 0 Å². The first-order chi connectivity index (χ1) is 9.76. The van der Waals surface area contributed by atoms with Crippen molar-refractivity contribution in [3.63, 3.8) is 0 Å². The lowest BCUT2D eigenvalue weighted by molar-refractivity contribution is 0.0930. The van der Waals surface area contributed by atoms with Crippen LogP contribution in [0.3, 0.4) is 0 Å². The van der Waals surface area contributed by atoms with Gasteiger partial charge in [0.25, 0.3) is 0 Å². The molecule has 0 amide bonds. The van der Waals surface area contributed by atoms with Crippen molar-refractivity contribution in [2.24, 2.45) is 11.7 Å². The first kappa shape index (κ1) is 15.4. The summed E-state index contributed by atoms with van der Waals surface area (Å²) in [4.78, 5) is 6.62. The molecule has 1 fully saturated rings. The standard InChI is InChI=1S/C16H27N3O/c1-2-15(17)16(14-5-8-18-9-6-14)19-10-3-4-13(12-19)7-11-20/h5-6,8-9,13,15-16,20H,2-4,7,10-12,17H2,1H3. The highest BCUT2D eigenvalue weighted by molar-refractivity contribution is 5.17. The van der Waals surface area contributed by atoms with Gasteiger partial charge in [0, 0.05) is 37.6 Å². The molecule has 0 bridgehead atoms. The second kappa shape index (κ2) is 7.72. The van der Waals surface area contributed by atoms with Gasteiger partial charge in [-0.2, -0.15) is 0 Å². The van der Waals surface area contributed by atoms with Crippen LogP contribution in [-0.2, 0) is 0 Å². The molecular formula is C16H27N3O. The van der Waals surface area contributed by atoms with E-state index >= 15 is 0 Å². The van der Waals surface area contributed by atoms with Crippen LogP contribution in [0.1, 0.15) is 44.2 Å². The molecule has 20 heavy (non-hydrogen) atoms. The van der Waals surface area contributed by atoms with E-state index < -0.39 is 0 Å². The van der Waals surface area contributed by atoms with Crippen molar-refractivity contribution in [1.82, 2.24) is 9.88 Å². The van der Waals surface area contributed by atoms with Crippen molar-refractivity contribution in [2.45, 2.75) is 44.7 Å². The first-order valence-corrected chi connectivity index (χ1v) is 7.76. The zero-order valence-electron chi connectivity index (χ0n) is 12.4. The Morgan fingerprint density at radius 1 is 1.45 bits per heavy atom. The number of aliphatic hydroxyl groups excluding tert-OH is 1. The van der Waals surface area contributed by atoms with E-state index in [1.807, 2.05) is 12.4 Å². The van der Waals surface area contributed by atoms with Crippen molar-refractivity contribution in [1.29, 1.82) is 0 Å². The summed E-state index contributed by atoms with van der Waals surface area (Å²) in [5.74, 6) is 0.599. The van der Waals surface area contributed by atoms with E-state index in [2.05, 4.69) is 28.9 Å². The number of pyridine rings is 1. The van der Waals surface area contributed by atoms with Gasteiger partial charge in [-0.1, -0.05) is 6.92 Å². The highest BCUT2D eigenvalue weighted by atomic mass is 16.3. The number of nitrogens with two attached hydrogens (primary N) is 1. The largest absolute Gasteiger partial charge is 0.396 e. The lowest BCUT2D eigenvalue weighted by Gasteiger charge is -2.41. The van der Waals surface area contributed by atoms with Gasteiger partial charge in [-0.25, -0.2) is 0 Å². The van der Waals surface area contributed by atoms with Crippen LogP contribution in [-0.4, -0.2) is 40.7 Å². The van der Waals surface area contributed by atoms with Crippen molar-refractivity contribution >= 4 is 0 Å². The van der Waals surface area contributed by atoms with E-state index in [1.165, 1.54) is 18.4 Å². The van der Waals surface area contributed by atoms with E-state index in [-0.39, 0.29) is 18.7 Å². The van der Waals surface area contributed by atoms with E-state index in [0.29, 0.717) is 5.92 Å². The average Bonchev–Trinajstić information content (AvgIpc) is 2.49. The molecule has 0 saturated carbocycles. The summed E-state index contributed by atoms with van der Waals surface area (Å²) in [5.41, 5.74) is 7.65. The highest BCUT2D eigenvalue weighted by Gasteiger charge is 2.29. The van der Waals surface area contributed by atoms with Gasteiger partial charge in [0.15, 0.2) is 0 Å². The molecule has 3 atom stereocenters. The van der Waals surface area contributed by atoms with Gasteiger partial charge in [0.05, 0.1) is 0 Å². The van der Waals surface area contributed by atoms with Gasteiger partial charge in [0.2, 0.25) is 0 Å². The molecule has 2 heterocycles. The minimum atomic E-state index is 0.144. The lowest BCUT2D eigenvalue weighted by Crippen LogP contribution is -2.45. The Morgan fingerprint density at radius 3 is 2.85 bits per heavy atom. The predicted molar refractivity (Wildman–Crippen MR) is 81.2 cm³/mol. The molecule has 4 heteroatoms. The Hall–Kier alpha value is -0.970. The van der Waals surface area contributed by atoms with Gasteiger partial charge in [-0.05, 0) is 55.8 Å². The third kappa shape index (κ3) is 3.78. The second-order valence-corrected chi connectivity index (χ2v) is 5.81. The zero-order chi connectivity index (χ0) is 14.4. The molecule has 1 aliphatic heterocycles. The minimum absolute atomic E-state index is 0.144. The number of piperidine rings is 1. The molecule has 1 aliphatic rings. The number of likely N-dealkylation sites (tertiary alicyclic amines) is 1. The molecule has 112 valence electrons. The summed E-state index contributed by atoms with van der Waals surface area (Å²) in [6.07, 6.45) is 7.99. The van der Waals surface area contributed by atoms with Crippen LogP contribution in [0.25, 0.3) is 0 Å². The van der Waals surface area contributed by atoms with Crippen molar-refractivity contribution in [2.75, 3.05) is 19.7 Å². The molecule has 0 radical (unpaired) electrons. The van der Waals surface area contributed by atoms with Crippen LogP contribution >= 0.6 is 0 Å². The maximum Gasteiger partial charge on any atom is 0.0500 e.